The third-order valence-corrected chi connectivity index (χ3v) is 11.0. The minimum atomic E-state index is -0.480. The van der Waals surface area contributed by atoms with Crippen LogP contribution in [-0.2, 0) is 73.0 Å². The largest absolute Gasteiger partial charge is 0.460 e. The summed E-state index contributed by atoms with van der Waals surface area (Å²) in [5.74, 6) is 0.657. The van der Waals surface area contributed by atoms with Gasteiger partial charge in [-0.15, -0.1) is 11.3 Å². The van der Waals surface area contributed by atoms with Crippen LogP contribution >= 0.6 is 11.3 Å². The van der Waals surface area contributed by atoms with Crippen LogP contribution in [0.4, 0.5) is 5.69 Å². The van der Waals surface area contributed by atoms with Gasteiger partial charge in [0.1, 0.15) is 11.4 Å². The van der Waals surface area contributed by atoms with Crippen LogP contribution in [0, 0.1) is 5.92 Å². The summed E-state index contributed by atoms with van der Waals surface area (Å²) in [6.45, 7) is 23.2. The van der Waals surface area contributed by atoms with Crippen molar-refractivity contribution in [3.05, 3.63) is 21.4 Å². The molecular formula is C47H82N4O14S. The number of carbonyl (C=O) groups is 2. The molecule has 1 aromatic rings. The van der Waals surface area contributed by atoms with E-state index in [2.05, 4.69) is 16.0 Å². The van der Waals surface area contributed by atoms with E-state index in [-0.39, 0.29) is 18.3 Å². The third kappa shape index (κ3) is 28.0. The van der Waals surface area contributed by atoms with Crippen LogP contribution in [-0.4, -0.2) is 198 Å². The van der Waals surface area contributed by atoms with Crippen molar-refractivity contribution in [2.45, 2.75) is 78.7 Å². The van der Waals surface area contributed by atoms with Gasteiger partial charge in [-0.25, -0.2) is 10.1 Å². The van der Waals surface area contributed by atoms with Crippen molar-refractivity contribution in [3.8, 4) is 0 Å². The molecule has 1 fully saturated rings. The van der Waals surface area contributed by atoms with Crippen molar-refractivity contribution < 1.29 is 66.5 Å². The van der Waals surface area contributed by atoms with Gasteiger partial charge in [0.05, 0.1) is 156 Å². The Morgan fingerprint density at radius 2 is 1.17 bits per heavy atom. The molecule has 1 aromatic heterocycles. The van der Waals surface area contributed by atoms with Gasteiger partial charge in [0.25, 0.3) is 5.91 Å². The lowest BCUT2D eigenvalue weighted by Gasteiger charge is -2.31. The van der Waals surface area contributed by atoms with Gasteiger partial charge >= 0.3 is 5.97 Å². The second-order valence-corrected chi connectivity index (χ2v) is 17.9. The van der Waals surface area contributed by atoms with Crippen molar-refractivity contribution in [2.75, 3.05) is 165 Å². The number of hydrogen-bond acceptors (Lipinski definition) is 18. The highest BCUT2D eigenvalue weighted by atomic mass is 32.1. The first-order chi connectivity index (χ1) is 32.1. The van der Waals surface area contributed by atoms with Crippen LogP contribution in [0.5, 0.6) is 0 Å². The Morgan fingerprint density at radius 3 is 1.61 bits per heavy atom. The molecule has 2 aliphatic heterocycles. The number of esters is 1. The fourth-order valence-electron chi connectivity index (χ4n) is 6.74. The Balaban J connectivity index is 1.01. The Bertz CT molecular complexity index is 1480. The molecule has 66 heavy (non-hydrogen) atoms. The second-order valence-electron chi connectivity index (χ2n) is 16.7. The van der Waals surface area contributed by atoms with Gasteiger partial charge in [0.2, 0.25) is 0 Å². The van der Waals surface area contributed by atoms with Crippen molar-refractivity contribution in [2.24, 2.45) is 16.6 Å². The Kier molecular flexibility index (Phi) is 31.8. The fourth-order valence-corrected chi connectivity index (χ4v) is 7.92. The molecule has 380 valence electrons. The summed E-state index contributed by atoms with van der Waals surface area (Å²) in [6.07, 6.45) is 6.60. The lowest BCUT2D eigenvalue weighted by Crippen LogP contribution is -2.36. The molecule has 2 N–H and O–H groups in total. The van der Waals surface area contributed by atoms with Crippen LogP contribution < -0.4 is 5.73 Å². The van der Waals surface area contributed by atoms with Gasteiger partial charge < -0.3 is 62.7 Å². The molecule has 2 aliphatic rings. The van der Waals surface area contributed by atoms with E-state index in [1.807, 2.05) is 40.7 Å². The number of nitrogens with two attached hydrogens (primary N) is 1. The van der Waals surface area contributed by atoms with Crippen LogP contribution in [0.2, 0.25) is 0 Å². The number of ether oxygens (including phenoxy) is 11. The summed E-state index contributed by atoms with van der Waals surface area (Å²) in [6, 6.07) is 2.14. The average Bonchev–Trinajstić information content (AvgIpc) is 3.57. The summed E-state index contributed by atoms with van der Waals surface area (Å²) in [4.78, 5) is 39.8. The van der Waals surface area contributed by atoms with E-state index in [9.17, 15) is 9.59 Å². The minimum Gasteiger partial charge on any atom is -0.460 e. The van der Waals surface area contributed by atoms with Crippen LogP contribution in [0.1, 0.15) is 76.5 Å². The van der Waals surface area contributed by atoms with Gasteiger partial charge in [-0.05, 0) is 84.5 Å². The van der Waals surface area contributed by atoms with E-state index in [1.165, 1.54) is 9.94 Å². The van der Waals surface area contributed by atoms with Crippen molar-refractivity contribution in [3.63, 3.8) is 0 Å². The molecule has 0 aromatic carbocycles. The zero-order valence-corrected chi connectivity index (χ0v) is 41.5. The monoisotopic (exact) mass is 959 g/mol. The molecule has 19 heteroatoms. The lowest BCUT2D eigenvalue weighted by molar-refractivity contribution is -0.180. The van der Waals surface area contributed by atoms with Crippen LogP contribution in [0.3, 0.4) is 0 Å². The number of piperidine rings is 1. The molecule has 3 heterocycles. The molecule has 0 atom stereocenters. The summed E-state index contributed by atoms with van der Waals surface area (Å²) >= 11 is 1.71. The van der Waals surface area contributed by atoms with E-state index >= 15 is 0 Å². The van der Waals surface area contributed by atoms with Crippen molar-refractivity contribution in [1.29, 1.82) is 0 Å². The highest BCUT2D eigenvalue weighted by Crippen LogP contribution is 2.37. The normalized spacial score (nSPS) is 14.8. The highest BCUT2D eigenvalue weighted by Gasteiger charge is 2.25. The van der Waals surface area contributed by atoms with E-state index in [4.69, 9.17) is 62.7 Å². The van der Waals surface area contributed by atoms with Gasteiger partial charge in [-0.2, -0.15) is 0 Å². The summed E-state index contributed by atoms with van der Waals surface area (Å²) in [5.41, 5.74) is 7.24. The Hall–Kier alpha value is -2.63. The van der Waals surface area contributed by atoms with E-state index in [0.29, 0.717) is 169 Å². The number of likely N-dealkylation sites (tertiary alicyclic amines) is 1. The maximum atomic E-state index is 13.2. The number of amidine groups is 1. The van der Waals surface area contributed by atoms with Crippen molar-refractivity contribution in [1.82, 2.24) is 9.96 Å². The smallest absolute Gasteiger partial charge is 0.308 e. The number of amides is 1. The number of fused-ring (bicyclic) bond motifs is 1. The van der Waals surface area contributed by atoms with Gasteiger partial charge in [0, 0.05) is 30.0 Å². The number of thiophene rings is 1. The topological polar surface area (TPSA) is 190 Å². The molecule has 1 saturated heterocycles. The molecule has 18 nitrogen and oxygen atoms in total. The van der Waals surface area contributed by atoms with E-state index in [1.54, 1.807) is 11.3 Å². The summed E-state index contributed by atoms with van der Waals surface area (Å²) in [7, 11) is 0. The standard InChI is InChI=1S/C47H82N4O14S/c1-6-11-51(64-7-2)46(53)40-36-43-42(49-44(48)37-40)38-41(66-43)35-39-8-12-50(13-9-39)14-16-55-18-20-57-22-24-59-26-28-61-30-32-63-34-33-62-31-29-60-27-25-58-23-21-56-19-17-54-15-10-45(52)65-47(3,4)5/h36,38-39H,6-35,37H2,1-5H3,(H2,48,49). The first-order valence-electron chi connectivity index (χ1n) is 23.9. The van der Waals surface area contributed by atoms with Crippen molar-refractivity contribution >= 4 is 40.8 Å². The summed E-state index contributed by atoms with van der Waals surface area (Å²) in [5, 5.41) is 1.45. The number of hydrogen-bond donors (Lipinski definition) is 1. The van der Waals surface area contributed by atoms with Crippen LogP contribution in [0.25, 0.3) is 6.08 Å². The lowest BCUT2D eigenvalue weighted by atomic mass is 9.93. The molecule has 1 amide bonds. The second kappa shape index (κ2) is 36.4. The van der Waals surface area contributed by atoms with E-state index < -0.39 is 5.60 Å². The van der Waals surface area contributed by atoms with Gasteiger partial charge in [0.15, 0.2) is 0 Å². The molecule has 3 rings (SSSR count). The predicted molar refractivity (Wildman–Crippen MR) is 253 cm³/mol. The molecule has 0 bridgehead atoms. The van der Waals surface area contributed by atoms with Gasteiger partial charge in [-0.1, -0.05) is 6.92 Å². The maximum absolute atomic E-state index is 13.2. The summed E-state index contributed by atoms with van der Waals surface area (Å²) < 4.78 is 60.7. The predicted octanol–water partition coefficient (Wildman–Crippen LogP) is 4.87. The number of carbonyl (C=O) groups excluding carboxylic acids is 2. The average molecular weight is 959 g/mol. The number of rotatable bonds is 40. The quantitative estimate of drug-likeness (QED) is 0.0533. The molecule has 0 aliphatic carbocycles. The van der Waals surface area contributed by atoms with Gasteiger partial charge in [-0.3, -0.25) is 14.4 Å². The zero-order chi connectivity index (χ0) is 47.5. The highest BCUT2D eigenvalue weighted by molar-refractivity contribution is 7.13. The number of aliphatic imine (C=N–C) groups is 1. The molecule has 0 saturated carbocycles. The minimum absolute atomic E-state index is 0.139. The molecule has 0 radical (unpaired) electrons. The third-order valence-electron chi connectivity index (χ3n) is 9.91. The first kappa shape index (κ1) is 57.7. The number of hydroxylamine groups is 2. The first-order valence-corrected chi connectivity index (χ1v) is 24.7. The van der Waals surface area contributed by atoms with Crippen LogP contribution in [0.15, 0.2) is 16.6 Å². The Labute approximate surface area is 397 Å². The SMILES string of the molecule is CCCN(OCC)C(=O)C1=Cc2sc(CC3CCN(CCOCCOCCOCCOCCOCCOCCOCCOCCOCCOCCC(=O)OC(C)(C)C)CC3)cc2N=C(N)C1. The zero-order valence-electron chi connectivity index (χ0n) is 40.7. The Morgan fingerprint density at radius 1 is 0.712 bits per heavy atom. The maximum Gasteiger partial charge on any atom is 0.308 e. The molecule has 0 spiro atoms. The fraction of sp³-hybridized carbons (Fsp3) is 0.809. The molecular weight excluding hydrogens is 877 g/mol. The van der Waals surface area contributed by atoms with E-state index in [0.717, 1.165) is 55.9 Å². The number of nitrogens with zero attached hydrogens (tertiary/aromatic N) is 3. The molecule has 0 unspecified atom stereocenters.